The van der Waals surface area contributed by atoms with Gasteiger partial charge in [0, 0.05) is 23.9 Å². The average molecular weight is 356 g/mol. The molecule has 4 aliphatic rings. The van der Waals surface area contributed by atoms with Crippen molar-refractivity contribution < 1.29 is 4.79 Å². The van der Waals surface area contributed by atoms with E-state index in [9.17, 15) is 4.79 Å². The number of nitrogens with two attached hydrogens (primary N) is 1. The molecule has 4 saturated carbocycles. The molecule has 140 valence electrons. The van der Waals surface area contributed by atoms with E-state index >= 15 is 0 Å². The van der Waals surface area contributed by atoms with Gasteiger partial charge in [-0.1, -0.05) is 6.92 Å². The number of rotatable bonds is 6. The summed E-state index contributed by atoms with van der Waals surface area (Å²) < 4.78 is 0. The van der Waals surface area contributed by atoms with E-state index in [-0.39, 0.29) is 11.3 Å². The fraction of sp³-hybridized carbons (Fsp3) is 0.789. The quantitative estimate of drug-likeness (QED) is 0.722. The largest absolute Gasteiger partial charge is 0.368 e. The third-order valence-electron chi connectivity index (χ3n) is 6.85. The normalized spacial score (nSPS) is 33.9. The Morgan fingerprint density at radius 2 is 1.88 bits per heavy atom. The van der Waals surface area contributed by atoms with E-state index in [1.807, 2.05) is 0 Å². The second-order valence-electron chi connectivity index (χ2n) is 9.44. The molecule has 0 aliphatic heterocycles. The molecule has 0 bridgehead atoms. The molecule has 0 aromatic carbocycles. The summed E-state index contributed by atoms with van der Waals surface area (Å²) in [6, 6.07) is 0.401. The minimum absolute atomic E-state index is 0.0550. The Hall–Kier alpha value is -1.92. The molecule has 1 aromatic heterocycles. The first-order valence-electron chi connectivity index (χ1n) is 9.99. The second-order valence-corrected chi connectivity index (χ2v) is 9.44. The monoisotopic (exact) mass is 356 g/mol. The molecule has 7 heteroatoms. The summed E-state index contributed by atoms with van der Waals surface area (Å²) >= 11 is 0. The highest BCUT2D eigenvalue weighted by molar-refractivity contribution is 5.85. The zero-order valence-electron chi connectivity index (χ0n) is 15.4. The number of hydrogen-bond donors (Lipinski definition) is 3. The third kappa shape index (κ3) is 3.01. The molecule has 1 amide bonds. The molecule has 0 radical (unpaired) electrons. The average Bonchev–Trinajstić information content (AvgIpc) is 3.41. The molecule has 4 aliphatic carbocycles. The van der Waals surface area contributed by atoms with Crippen molar-refractivity contribution in [3.05, 3.63) is 5.82 Å². The number of nitrogen functional groups attached to an aromatic ring is 1. The number of aromatic nitrogens is 3. The first kappa shape index (κ1) is 16.3. The Kier molecular flexibility index (Phi) is 3.46. The Labute approximate surface area is 154 Å². The molecule has 0 unspecified atom stereocenters. The van der Waals surface area contributed by atoms with E-state index in [4.69, 9.17) is 5.73 Å². The van der Waals surface area contributed by atoms with Gasteiger partial charge in [0.15, 0.2) is 0 Å². The van der Waals surface area contributed by atoms with Crippen LogP contribution in [-0.4, -0.2) is 33.4 Å². The molecule has 1 spiro atoms. The number of carbonyl (C=O) groups is 1. The summed E-state index contributed by atoms with van der Waals surface area (Å²) in [5.41, 5.74) is 6.23. The van der Waals surface area contributed by atoms with Crippen LogP contribution >= 0.6 is 0 Å². The molecular weight excluding hydrogens is 328 g/mol. The number of hydrogen-bond acceptors (Lipinski definition) is 6. The van der Waals surface area contributed by atoms with Gasteiger partial charge in [0.1, 0.15) is 5.82 Å². The minimum Gasteiger partial charge on any atom is -0.368 e. The summed E-state index contributed by atoms with van der Waals surface area (Å²) in [7, 11) is 0. The van der Waals surface area contributed by atoms with Crippen LogP contribution in [0.5, 0.6) is 0 Å². The van der Waals surface area contributed by atoms with Gasteiger partial charge in [-0.25, -0.2) is 0 Å². The van der Waals surface area contributed by atoms with Crippen molar-refractivity contribution in [1.82, 2.24) is 20.3 Å². The predicted octanol–water partition coefficient (Wildman–Crippen LogP) is 2.22. The highest BCUT2D eigenvalue weighted by Crippen LogP contribution is 2.59. The van der Waals surface area contributed by atoms with Gasteiger partial charge in [-0.3, -0.25) is 4.79 Å². The fourth-order valence-electron chi connectivity index (χ4n) is 4.75. The van der Waals surface area contributed by atoms with E-state index < -0.39 is 0 Å². The van der Waals surface area contributed by atoms with E-state index in [0.29, 0.717) is 35.2 Å². The number of nitrogens with one attached hydrogen (secondary N) is 2. The molecular formula is C19H28N6O. The molecule has 4 fully saturated rings. The first-order chi connectivity index (χ1) is 12.4. The zero-order chi connectivity index (χ0) is 17.9. The first-order valence-corrected chi connectivity index (χ1v) is 9.99. The number of carbonyl (C=O) groups excluding carboxylic acids is 1. The maximum atomic E-state index is 12.1. The summed E-state index contributed by atoms with van der Waals surface area (Å²) in [6.45, 7) is 2.97. The van der Waals surface area contributed by atoms with Gasteiger partial charge in [0.05, 0.1) is 0 Å². The lowest BCUT2D eigenvalue weighted by Gasteiger charge is -2.58. The predicted molar refractivity (Wildman–Crippen MR) is 98.4 cm³/mol. The molecule has 1 aromatic rings. The van der Waals surface area contributed by atoms with Crippen LogP contribution < -0.4 is 16.4 Å². The van der Waals surface area contributed by atoms with Crippen molar-refractivity contribution in [2.45, 2.75) is 70.3 Å². The summed E-state index contributed by atoms with van der Waals surface area (Å²) in [5.74, 6) is 3.19. The van der Waals surface area contributed by atoms with Crippen LogP contribution in [0.25, 0.3) is 0 Å². The van der Waals surface area contributed by atoms with Crippen LogP contribution in [-0.2, 0) is 4.79 Å². The van der Waals surface area contributed by atoms with Gasteiger partial charge < -0.3 is 16.4 Å². The van der Waals surface area contributed by atoms with Gasteiger partial charge in [0.25, 0.3) is 0 Å². The van der Waals surface area contributed by atoms with Crippen molar-refractivity contribution in [2.24, 2.45) is 16.7 Å². The Morgan fingerprint density at radius 3 is 2.54 bits per heavy atom. The molecule has 4 N–H and O–H groups in total. The van der Waals surface area contributed by atoms with Gasteiger partial charge in [-0.05, 0) is 62.7 Å². The van der Waals surface area contributed by atoms with Crippen molar-refractivity contribution in [3.63, 3.8) is 0 Å². The lowest BCUT2D eigenvalue weighted by Crippen LogP contribution is -2.57. The standard InChI is InChI=1S/C19H28N6O/c1-18(4-5-18)15(26)22-13-8-19(9-13)6-11(7-19)10-21-17-24-14(12-2-3-12)23-16(20)25-17/h11-13H,2-10H2,1H3,(H,22,26)(H3,20,21,23,24,25). The highest BCUT2D eigenvalue weighted by atomic mass is 16.2. The Bertz CT molecular complexity index is 728. The van der Waals surface area contributed by atoms with Crippen LogP contribution in [0.3, 0.4) is 0 Å². The van der Waals surface area contributed by atoms with E-state index in [0.717, 1.165) is 50.9 Å². The van der Waals surface area contributed by atoms with Crippen LogP contribution in [0.2, 0.25) is 0 Å². The lowest BCUT2D eigenvalue weighted by molar-refractivity contribution is -0.130. The third-order valence-corrected chi connectivity index (χ3v) is 6.85. The molecule has 26 heavy (non-hydrogen) atoms. The molecule has 5 rings (SSSR count). The van der Waals surface area contributed by atoms with Crippen molar-refractivity contribution in [2.75, 3.05) is 17.6 Å². The van der Waals surface area contributed by atoms with Crippen LogP contribution in [0.15, 0.2) is 0 Å². The van der Waals surface area contributed by atoms with Crippen molar-refractivity contribution >= 4 is 17.8 Å². The van der Waals surface area contributed by atoms with Gasteiger partial charge in [0.2, 0.25) is 17.8 Å². The Balaban J connectivity index is 1.06. The van der Waals surface area contributed by atoms with Gasteiger partial charge in [-0.15, -0.1) is 0 Å². The maximum absolute atomic E-state index is 12.1. The van der Waals surface area contributed by atoms with E-state index in [1.165, 1.54) is 12.8 Å². The van der Waals surface area contributed by atoms with E-state index in [2.05, 4.69) is 32.5 Å². The number of anilines is 2. The van der Waals surface area contributed by atoms with E-state index in [1.54, 1.807) is 0 Å². The SMILES string of the molecule is CC1(C(=O)NC2CC3(CC(CNc4nc(N)nc(C5CC5)n4)C3)C2)CC1. The molecule has 7 nitrogen and oxygen atoms in total. The lowest BCUT2D eigenvalue weighted by atomic mass is 9.50. The fourth-order valence-corrected chi connectivity index (χ4v) is 4.75. The number of nitrogens with zero attached hydrogens (tertiary/aromatic N) is 3. The Morgan fingerprint density at radius 1 is 1.15 bits per heavy atom. The molecule has 0 atom stereocenters. The second kappa shape index (κ2) is 5.54. The van der Waals surface area contributed by atoms with Gasteiger partial charge >= 0.3 is 0 Å². The summed E-state index contributed by atoms with van der Waals surface area (Å²) in [5, 5.41) is 6.60. The summed E-state index contributed by atoms with van der Waals surface area (Å²) in [6.07, 6.45) is 9.18. The highest BCUT2D eigenvalue weighted by Gasteiger charge is 2.54. The number of amides is 1. The maximum Gasteiger partial charge on any atom is 0.227 e. The molecule has 1 heterocycles. The zero-order valence-corrected chi connectivity index (χ0v) is 15.4. The van der Waals surface area contributed by atoms with Crippen molar-refractivity contribution in [3.8, 4) is 0 Å². The van der Waals surface area contributed by atoms with Gasteiger partial charge in [-0.2, -0.15) is 15.0 Å². The van der Waals surface area contributed by atoms with Crippen LogP contribution in [0, 0.1) is 16.7 Å². The smallest absolute Gasteiger partial charge is 0.227 e. The topological polar surface area (TPSA) is 106 Å². The van der Waals surface area contributed by atoms with Crippen molar-refractivity contribution in [1.29, 1.82) is 0 Å². The van der Waals surface area contributed by atoms with Crippen LogP contribution in [0.4, 0.5) is 11.9 Å². The van der Waals surface area contributed by atoms with Crippen LogP contribution in [0.1, 0.15) is 70.0 Å². The summed E-state index contributed by atoms with van der Waals surface area (Å²) in [4.78, 5) is 25.1. The molecule has 0 saturated heterocycles. The minimum atomic E-state index is -0.0550.